The molecule has 19 heavy (non-hydrogen) atoms. The predicted octanol–water partition coefficient (Wildman–Crippen LogP) is 4.04. The average Bonchev–Trinajstić information content (AvgIpc) is 2.35. The van der Waals surface area contributed by atoms with Crippen molar-refractivity contribution in [3.63, 3.8) is 0 Å². The van der Waals surface area contributed by atoms with E-state index in [0.29, 0.717) is 5.41 Å². The fraction of sp³-hybridized carbons (Fsp3) is 0.600. The molecule has 106 valence electrons. The molecular weight excluding hydrogens is 248 g/mol. The second-order valence-corrected chi connectivity index (χ2v) is 5.62. The summed E-state index contributed by atoms with van der Waals surface area (Å²) in [4.78, 5) is 0. The number of hydrogen-bond acceptors (Lipinski definition) is 2. The van der Waals surface area contributed by atoms with Gasteiger partial charge in [0, 0.05) is 5.54 Å². The number of benzene rings is 1. The third-order valence-corrected chi connectivity index (χ3v) is 4.54. The van der Waals surface area contributed by atoms with Crippen LogP contribution in [0, 0.1) is 5.41 Å². The Kier molecular flexibility index (Phi) is 3.81. The summed E-state index contributed by atoms with van der Waals surface area (Å²) in [5.41, 5.74) is 7.46. The second-order valence-electron chi connectivity index (χ2n) is 5.62. The third-order valence-electron chi connectivity index (χ3n) is 4.54. The quantitative estimate of drug-likeness (QED) is 0.875. The van der Waals surface area contributed by atoms with Crippen LogP contribution >= 0.6 is 0 Å². The molecular formula is C15H21F2NO. The van der Waals surface area contributed by atoms with Crippen LogP contribution in [0.2, 0.25) is 0 Å². The normalized spacial score (nSPS) is 20.1. The van der Waals surface area contributed by atoms with Crippen molar-refractivity contribution in [3.8, 4) is 5.75 Å². The molecule has 0 aliphatic heterocycles. The van der Waals surface area contributed by atoms with E-state index in [0.717, 1.165) is 31.2 Å². The molecule has 0 saturated heterocycles. The fourth-order valence-corrected chi connectivity index (χ4v) is 3.21. The van der Waals surface area contributed by atoms with E-state index in [4.69, 9.17) is 5.73 Å². The molecule has 2 nitrogen and oxygen atoms in total. The molecule has 2 rings (SSSR count). The van der Waals surface area contributed by atoms with E-state index in [-0.39, 0.29) is 11.3 Å². The minimum absolute atomic E-state index is 0.180. The van der Waals surface area contributed by atoms with E-state index >= 15 is 0 Å². The smallest absolute Gasteiger partial charge is 0.387 e. The SMILES string of the molecule is CCC1(CC)CC(N)(c2ccc(OC(F)F)cc2)C1. The number of hydrogen-bond donors (Lipinski definition) is 1. The Balaban J connectivity index is 2.07. The van der Waals surface area contributed by atoms with Crippen LogP contribution in [0.4, 0.5) is 8.78 Å². The lowest BCUT2D eigenvalue weighted by molar-refractivity contribution is -0.0499. The molecule has 2 N–H and O–H groups in total. The first kappa shape index (κ1) is 14.3. The number of ether oxygens (including phenoxy) is 1. The Bertz CT molecular complexity index is 418. The van der Waals surface area contributed by atoms with E-state index in [2.05, 4.69) is 18.6 Å². The zero-order valence-corrected chi connectivity index (χ0v) is 11.5. The highest BCUT2D eigenvalue weighted by Gasteiger charge is 2.50. The molecule has 0 radical (unpaired) electrons. The van der Waals surface area contributed by atoms with Crippen LogP contribution < -0.4 is 10.5 Å². The van der Waals surface area contributed by atoms with Gasteiger partial charge in [0.1, 0.15) is 5.75 Å². The monoisotopic (exact) mass is 269 g/mol. The van der Waals surface area contributed by atoms with Gasteiger partial charge in [-0.1, -0.05) is 38.8 Å². The van der Waals surface area contributed by atoms with Gasteiger partial charge < -0.3 is 10.5 Å². The molecule has 0 unspecified atom stereocenters. The highest BCUT2D eigenvalue weighted by molar-refractivity contribution is 5.34. The zero-order chi connectivity index (χ0) is 14.1. The molecule has 0 aromatic heterocycles. The highest BCUT2D eigenvalue weighted by Crippen LogP contribution is 2.56. The van der Waals surface area contributed by atoms with Crippen molar-refractivity contribution in [1.82, 2.24) is 0 Å². The van der Waals surface area contributed by atoms with Crippen molar-refractivity contribution < 1.29 is 13.5 Å². The van der Waals surface area contributed by atoms with Crippen molar-refractivity contribution in [2.24, 2.45) is 11.1 Å². The lowest BCUT2D eigenvalue weighted by Crippen LogP contribution is -2.55. The van der Waals surface area contributed by atoms with Gasteiger partial charge in [-0.05, 0) is 36.0 Å². The maximum absolute atomic E-state index is 12.1. The van der Waals surface area contributed by atoms with Crippen LogP contribution in [0.3, 0.4) is 0 Å². The minimum atomic E-state index is -2.78. The summed E-state index contributed by atoms with van der Waals surface area (Å²) >= 11 is 0. The van der Waals surface area contributed by atoms with Crippen molar-refractivity contribution in [1.29, 1.82) is 0 Å². The molecule has 0 bridgehead atoms. The number of halogens is 2. The van der Waals surface area contributed by atoms with Gasteiger partial charge in [-0.2, -0.15) is 8.78 Å². The van der Waals surface area contributed by atoms with Crippen LogP contribution in [0.15, 0.2) is 24.3 Å². The van der Waals surface area contributed by atoms with Gasteiger partial charge >= 0.3 is 6.61 Å². The molecule has 0 spiro atoms. The number of alkyl halides is 2. The van der Waals surface area contributed by atoms with Crippen LogP contribution in [0.5, 0.6) is 5.75 Å². The van der Waals surface area contributed by atoms with Crippen molar-refractivity contribution in [2.75, 3.05) is 0 Å². The van der Waals surface area contributed by atoms with E-state index < -0.39 is 6.61 Å². The summed E-state index contributed by atoms with van der Waals surface area (Å²) in [6, 6.07) is 6.72. The van der Waals surface area contributed by atoms with Gasteiger partial charge in [0.2, 0.25) is 0 Å². The first-order chi connectivity index (χ1) is 8.93. The third kappa shape index (κ3) is 2.73. The molecule has 1 aromatic carbocycles. The number of rotatable bonds is 5. The predicted molar refractivity (Wildman–Crippen MR) is 71.2 cm³/mol. The topological polar surface area (TPSA) is 35.2 Å². The van der Waals surface area contributed by atoms with Crippen LogP contribution in [0.25, 0.3) is 0 Å². The van der Waals surface area contributed by atoms with E-state index in [1.165, 1.54) is 0 Å². The van der Waals surface area contributed by atoms with Gasteiger partial charge in [-0.25, -0.2) is 0 Å². The first-order valence-corrected chi connectivity index (χ1v) is 6.77. The molecule has 1 aliphatic carbocycles. The Morgan fingerprint density at radius 2 is 1.68 bits per heavy atom. The first-order valence-electron chi connectivity index (χ1n) is 6.77. The molecule has 1 fully saturated rings. The van der Waals surface area contributed by atoms with Gasteiger partial charge in [0.25, 0.3) is 0 Å². The van der Waals surface area contributed by atoms with Crippen molar-refractivity contribution in [2.45, 2.75) is 51.7 Å². The maximum Gasteiger partial charge on any atom is 0.387 e. The molecule has 1 aliphatic rings. The van der Waals surface area contributed by atoms with Crippen LogP contribution in [-0.4, -0.2) is 6.61 Å². The Morgan fingerprint density at radius 3 is 2.11 bits per heavy atom. The Morgan fingerprint density at radius 1 is 1.16 bits per heavy atom. The van der Waals surface area contributed by atoms with Crippen LogP contribution in [-0.2, 0) is 5.54 Å². The standard InChI is InChI=1S/C15H21F2NO/c1-3-14(4-2)9-15(18,10-14)11-5-7-12(8-6-11)19-13(16)17/h5-8,13H,3-4,9-10,18H2,1-2H3. The fourth-order valence-electron chi connectivity index (χ4n) is 3.21. The van der Waals surface area contributed by atoms with E-state index in [9.17, 15) is 8.78 Å². The molecule has 1 saturated carbocycles. The summed E-state index contributed by atoms with van der Waals surface area (Å²) in [6.45, 7) is 1.61. The minimum Gasteiger partial charge on any atom is -0.435 e. The summed E-state index contributed by atoms with van der Waals surface area (Å²) in [5.74, 6) is 0.180. The van der Waals surface area contributed by atoms with Gasteiger partial charge in [-0.3, -0.25) is 0 Å². The molecule has 4 heteroatoms. The molecule has 0 atom stereocenters. The Hall–Kier alpha value is -1.16. The lowest BCUT2D eigenvalue weighted by Gasteiger charge is -2.54. The van der Waals surface area contributed by atoms with E-state index in [1.807, 2.05) is 0 Å². The van der Waals surface area contributed by atoms with Gasteiger partial charge in [0.15, 0.2) is 0 Å². The number of nitrogens with two attached hydrogens (primary N) is 1. The zero-order valence-electron chi connectivity index (χ0n) is 11.5. The van der Waals surface area contributed by atoms with Crippen LogP contribution in [0.1, 0.15) is 45.1 Å². The molecule has 0 amide bonds. The maximum atomic E-state index is 12.1. The lowest BCUT2D eigenvalue weighted by atomic mass is 9.53. The van der Waals surface area contributed by atoms with Crippen molar-refractivity contribution in [3.05, 3.63) is 29.8 Å². The molecule has 0 heterocycles. The second kappa shape index (κ2) is 5.08. The van der Waals surface area contributed by atoms with Gasteiger partial charge in [-0.15, -0.1) is 0 Å². The molecule has 1 aromatic rings. The Labute approximate surface area is 112 Å². The summed E-state index contributed by atoms with van der Waals surface area (Å²) in [7, 11) is 0. The summed E-state index contributed by atoms with van der Waals surface area (Å²) < 4.78 is 28.5. The average molecular weight is 269 g/mol. The van der Waals surface area contributed by atoms with Gasteiger partial charge in [0.05, 0.1) is 0 Å². The summed E-state index contributed by atoms with van der Waals surface area (Å²) in [6.07, 6.45) is 4.19. The highest BCUT2D eigenvalue weighted by atomic mass is 19.3. The largest absolute Gasteiger partial charge is 0.435 e. The summed E-state index contributed by atoms with van der Waals surface area (Å²) in [5, 5.41) is 0. The van der Waals surface area contributed by atoms with E-state index in [1.54, 1.807) is 24.3 Å². The van der Waals surface area contributed by atoms with Crippen molar-refractivity contribution >= 4 is 0 Å².